The van der Waals surface area contributed by atoms with E-state index >= 15 is 0 Å². The second-order valence-electron chi connectivity index (χ2n) is 7.96. The van der Waals surface area contributed by atoms with E-state index in [0.29, 0.717) is 11.3 Å². The van der Waals surface area contributed by atoms with Crippen molar-refractivity contribution in [2.45, 2.75) is 44.7 Å². The van der Waals surface area contributed by atoms with Crippen molar-refractivity contribution >= 4 is 11.6 Å². The van der Waals surface area contributed by atoms with Crippen molar-refractivity contribution in [1.29, 1.82) is 0 Å². The van der Waals surface area contributed by atoms with Gasteiger partial charge in [-0.25, -0.2) is 0 Å². The van der Waals surface area contributed by atoms with E-state index in [1.165, 1.54) is 0 Å². The molecular formula is C24H28N2O3. The minimum Gasteiger partial charge on any atom is -0.504 e. The zero-order valence-corrected chi connectivity index (χ0v) is 17.1. The summed E-state index contributed by atoms with van der Waals surface area (Å²) in [5.41, 5.74) is 3.67. The molecule has 2 aliphatic rings. The topological polar surface area (TPSA) is 70.6 Å². The van der Waals surface area contributed by atoms with Gasteiger partial charge in [-0.2, -0.15) is 0 Å². The van der Waals surface area contributed by atoms with Crippen LogP contribution >= 0.6 is 0 Å². The number of carbonyl (C=O) groups is 1. The predicted molar refractivity (Wildman–Crippen MR) is 115 cm³/mol. The maximum atomic E-state index is 12.6. The van der Waals surface area contributed by atoms with E-state index in [4.69, 9.17) is 4.74 Å². The third-order valence-corrected chi connectivity index (χ3v) is 6.20. The van der Waals surface area contributed by atoms with Crippen molar-refractivity contribution in [1.82, 2.24) is 5.32 Å². The van der Waals surface area contributed by atoms with Crippen LogP contribution in [0.15, 0.2) is 48.6 Å². The van der Waals surface area contributed by atoms with Crippen LogP contribution in [0.4, 0.5) is 5.69 Å². The van der Waals surface area contributed by atoms with E-state index in [-0.39, 0.29) is 35.6 Å². The number of allylic oxidation sites excluding steroid dienone is 2. The number of anilines is 1. The highest BCUT2D eigenvalue weighted by Crippen LogP contribution is 2.52. The molecule has 4 rings (SSSR count). The van der Waals surface area contributed by atoms with Gasteiger partial charge < -0.3 is 20.5 Å². The summed E-state index contributed by atoms with van der Waals surface area (Å²) in [5.74, 6) is 1.11. The molecule has 0 saturated carbocycles. The molecule has 0 spiro atoms. The number of fused-ring (bicyclic) bond motifs is 3. The second kappa shape index (κ2) is 7.82. The SMILES string of the molecule is CCC(C)NC(=O)c1ccc2c(c1)C1C=CCC1C(c1cccc(OC)c1O)N2. The van der Waals surface area contributed by atoms with Crippen molar-refractivity contribution in [3.8, 4) is 11.5 Å². The molecule has 0 saturated heterocycles. The number of ether oxygens (including phenoxy) is 1. The molecule has 1 heterocycles. The summed E-state index contributed by atoms with van der Waals surface area (Å²) in [7, 11) is 1.56. The van der Waals surface area contributed by atoms with Crippen molar-refractivity contribution in [3.05, 3.63) is 65.2 Å². The lowest BCUT2D eigenvalue weighted by Crippen LogP contribution is -2.33. The van der Waals surface area contributed by atoms with Crippen LogP contribution in [-0.2, 0) is 0 Å². The van der Waals surface area contributed by atoms with Crippen LogP contribution < -0.4 is 15.4 Å². The Morgan fingerprint density at radius 2 is 2.14 bits per heavy atom. The van der Waals surface area contributed by atoms with Crippen LogP contribution in [0.25, 0.3) is 0 Å². The number of rotatable bonds is 5. The van der Waals surface area contributed by atoms with Crippen molar-refractivity contribution in [2.75, 3.05) is 12.4 Å². The summed E-state index contributed by atoms with van der Waals surface area (Å²) in [6.07, 6.45) is 6.24. The molecule has 29 heavy (non-hydrogen) atoms. The molecule has 1 aliphatic carbocycles. The molecule has 1 amide bonds. The van der Waals surface area contributed by atoms with E-state index in [1.54, 1.807) is 13.2 Å². The fourth-order valence-electron chi connectivity index (χ4n) is 4.41. The summed E-state index contributed by atoms with van der Waals surface area (Å²) >= 11 is 0. The molecule has 2 aromatic rings. The monoisotopic (exact) mass is 392 g/mol. The van der Waals surface area contributed by atoms with Crippen LogP contribution in [0.3, 0.4) is 0 Å². The van der Waals surface area contributed by atoms with Crippen molar-refractivity contribution < 1.29 is 14.6 Å². The number of hydrogen-bond donors (Lipinski definition) is 3. The first-order chi connectivity index (χ1) is 14.0. The van der Waals surface area contributed by atoms with Gasteiger partial charge in [0.15, 0.2) is 11.5 Å². The molecule has 0 fully saturated rings. The fraction of sp³-hybridized carbons (Fsp3) is 0.375. The Bertz CT molecular complexity index is 953. The minimum absolute atomic E-state index is 0.0302. The first-order valence-corrected chi connectivity index (χ1v) is 10.3. The van der Waals surface area contributed by atoms with Crippen LogP contribution in [0.5, 0.6) is 11.5 Å². The number of aromatic hydroxyl groups is 1. The molecular weight excluding hydrogens is 364 g/mol. The molecule has 1 aliphatic heterocycles. The summed E-state index contributed by atoms with van der Waals surface area (Å²) in [4.78, 5) is 12.6. The van der Waals surface area contributed by atoms with E-state index in [2.05, 4.69) is 29.7 Å². The van der Waals surface area contributed by atoms with Crippen molar-refractivity contribution in [3.63, 3.8) is 0 Å². The molecule has 5 nitrogen and oxygen atoms in total. The summed E-state index contributed by atoms with van der Waals surface area (Å²) in [5, 5.41) is 17.3. The number of nitrogens with one attached hydrogen (secondary N) is 2. The van der Waals surface area contributed by atoms with Gasteiger partial charge in [0.2, 0.25) is 0 Å². The van der Waals surface area contributed by atoms with Gasteiger partial charge in [0.1, 0.15) is 0 Å². The van der Waals surface area contributed by atoms with Crippen LogP contribution in [0.2, 0.25) is 0 Å². The molecule has 152 valence electrons. The zero-order valence-electron chi connectivity index (χ0n) is 17.1. The van der Waals surface area contributed by atoms with Gasteiger partial charge in [-0.3, -0.25) is 4.79 Å². The van der Waals surface area contributed by atoms with Gasteiger partial charge in [0.25, 0.3) is 5.91 Å². The van der Waals surface area contributed by atoms with Gasteiger partial charge in [-0.1, -0.05) is 31.2 Å². The van der Waals surface area contributed by atoms with E-state index in [1.807, 2.05) is 37.3 Å². The van der Waals surface area contributed by atoms with Crippen LogP contribution in [0, 0.1) is 5.92 Å². The Balaban J connectivity index is 1.69. The first-order valence-electron chi connectivity index (χ1n) is 10.3. The Labute approximate surface area is 171 Å². The van der Waals surface area contributed by atoms with Crippen LogP contribution in [0.1, 0.15) is 60.1 Å². The Kier molecular flexibility index (Phi) is 5.22. The summed E-state index contributed by atoms with van der Waals surface area (Å²) < 4.78 is 5.30. The lowest BCUT2D eigenvalue weighted by Gasteiger charge is -2.38. The average Bonchev–Trinajstić information content (AvgIpc) is 3.23. The highest BCUT2D eigenvalue weighted by atomic mass is 16.5. The Morgan fingerprint density at radius 3 is 2.90 bits per heavy atom. The number of hydrogen-bond acceptors (Lipinski definition) is 4. The van der Waals surface area contributed by atoms with E-state index in [0.717, 1.165) is 29.7 Å². The predicted octanol–water partition coefficient (Wildman–Crippen LogP) is 4.76. The largest absolute Gasteiger partial charge is 0.504 e. The van der Waals surface area contributed by atoms with Crippen LogP contribution in [-0.4, -0.2) is 24.2 Å². The smallest absolute Gasteiger partial charge is 0.251 e. The number of phenols is 1. The Morgan fingerprint density at radius 1 is 1.31 bits per heavy atom. The summed E-state index contributed by atoms with van der Waals surface area (Å²) in [6.45, 7) is 4.07. The molecule has 4 atom stereocenters. The number of phenolic OH excluding ortho intramolecular Hbond substituents is 1. The molecule has 0 radical (unpaired) electrons. The number of amides is 1. The molecule has 4 unspecified atom stereocenters. The number of carbonyl (C=O) groups excluding carboxylic acids is 1. The minimum atomic E-state index is -0.0340. The maximum Gasteiger partial charge on any atom is 0.251 e. The highest BCUT2D eigenvalue weighted by Gasteiger charge is 2.39. The third kappa shape index (κ3) is 3.46. The van der Waals surface area contributed by atoms with E-state index < -0.39 is 0 Å². The van der Waals surface area contributed by atoms with Gasteiger partial charge >= 0.3 is 0 Å². The van der Waals surface area contributed by atoms with Crippen molar-refractivity contribution in [2.24, 2.45) is 5.92 Å². The fourth-order valence-corrected chi connectivity index (χ4v) is 4.41. The third-order valence-electron chi connectivity index (χ3n) is 6.20. The Hall–Kier alpha value is -2.95. The number of para-hydroxylation sites is 1. The lowest BCUT2D eigenvalue weighted by atomic mass is 9.76. The zero-order chi connectivity index (χ0) is 20.5. The first kappa shape index (κ1) is 19.4. The van der Waals surface area contributed by atoms with Gasteiger partial charge in [0.05, 0.1) is 13.2 Å². The molecule has 0 bridgehead atoms. The summed E-state index contributed by atoms with van der Waals surface area (Å²) in [6, 6.07) is 11.6. The van der Waals surface area contributed by atoms with Gasteiger partial charge in [-0.05, 0) is 55.5 Å². The van der Waals surface area contributed by atoms with Gasteiger partial charge in [-0.15, -0.1) is 0 Å². The number of methoxy groups -OCH3 is 1. The highest BCUT2D eigenvalue weighted by molar-refractivity contribution is 5.95. The number of benzene rings is 2. The maximum absolute atomic E-state index is 12.6. The standard InChI is InChI=1S/C24H28N2O3/c1-4-14(2)25-24(28)15-11-12-20-19(13-15)16-7-5-8-17(16)22(26-20)18-9-6-10-21(29-3)23(18)27/h5-7,9-14,16-17,22,26-27H,4,8H2,1-3H3,(H,25,28). The second-order valence-corrected chi connectivity index (χ2v) is 7.96. The average molecular weight is 392 g/mol. The molecule has 2 aromatic carbocycles. The lowest BCUT2D eigenvalue weighted by molar-refractivity contribution is 0.0939. The molecule has 0 aromatic heterocycles. The van der Waals surface area contributed by atoms with E-state index in [9.17, 15) is 9.90 Å². The molecule has 5 heteroatoms. The molecule has 3 N–H and O–H groups in total. The van der Waals surface area contributed by atoms with Gasteiger partial charge in [0, 0.05) is 28.8 Å². The normalized spacial score (nSPS) is 22.9. The quantitative estimate of drug-likeness (QED) is 0.642.